The number of nitrogens with zero attached hydrogens (tertiary/aromatic N) is 2. The third-order valence-electron chi connectivity index (χ3n) is 5.48. The van der Waals surface area contributed by atoms with E-state index in [2.05, 4.69) is 24.3 Å². The molecule has 132 valence electrons. The summed E-state index contributed by atoms with van der Waals surface area (Å²) in [5.41, 5.74) is 9.23. The molecular formula is C21H27N3S. The van der Waals surface area contributed by atoms with E-state index in [1.165, 1.54) is 41.0 Å². The number of aryl methyl sites for hydroxylation is 1. The molecule has 0 aliphatic heterocycles. The van der Waals surface area contributed by atoms with E-state index in [1.807, 2.05) is 24.2 Å². The number of benzene rings is 1. The first kappa shape index (κ1) is 17.0. The maximum absolute atomic E-state index is 6.48. The first-order chi connectivity index (χ1) is 12.3. The largest absolute Gasteiger partial charge is 0.324 e. The second-order valence-corrected chi connectivity index (χ2v) is 8.60. The number of fused-ring (bicyclic) bond motifs is 1. The predicted molar refractivity (Wildman–Crippen MR) is 104 cm³/mol. The van der Waals surface area contributed by atoms with Gasteiger partial charge in [-0.3, -0.25) is 0 Å². The number of hydrogen-bond acceptors (Lipinski definition) is 4. The number of thioether (sulfide) groups is 1. The summed E-state index contributed by atoms with van der Waals surface area (Å²) in [6.45, 7) is 0. The Bertz CT molecular complexity index is 697. The summed E-state index contributed by atoms with van der Waals surface area (Å²) in [6.07, 6.45) is 12.4. The molecule has 4 rings (SSSR count). The van der Waals surface area contributed by atoms with Gasteiger partial charge in [0.1, 0.15) is 5.82 Å². The van der Waals surface area contributed by atoms with Gasteiger partial charge in [0.05, 0.1) is 0 Å². The Hall–Kier alpha value is -1.39. The lowest BCUT2D eigenvalue weighted by molar-refractivity contribution is 0.490. The number of rotatable bonds is 4. The average molecular weight is 354 g/mol. The summed E-state index contributed by atoms with van der Waals surface area (Å²) in [5.74, 6) is 3.60. The predicted octanol–water partition coefficient (Wildman–Crippen LogP) is 4.88. The van der Waals surface area contributed by atoms with Crippen LogP contribution in [0.3, 0.4) is 0 Å². The standard InChI is InChI=1S/C21H27N3S/c22-20-11-10-17(6-3-5-16-4-1-2-7-19(16)20)21-23-12-18(13-24-21)25-14-15-8-9-15/h1-2,4,7,12-13,15,17,20H,3,5-6,8-11,14,22H2/t17-,20+/m0/s1. The minimum atomic E-state index is 0.130. The van der Waals surface area contributed by atoms with Crippen LogP contribution in [0.15, 0.2) is 41.6 Å². The summed E-state index contributed by atoms with van der Waals surface area (Å²) < 4.78 is 0. The van der Waals surface area contributed by atoms with E-state index < -0.39 is 0 Å². The van der Waals surface area contributed by atoms with Crippen molar-refractivity contribution in [2.75, 3.05) is 5.75 Å². The van der Waals surface area contributed by atoms with Crippen LogP contribution in [-0.4, -0.2) is 15.7 Å². The summed E-state index contributed by atoms with van der Waals surface area (Å²) >= 11 is 1.90. The van der Waals surface area contributed by atoms with Gasteiger partial charge in [0.2, 0.25) is 0 Å². The Labute approximate surface area is 154 Å². The molecule has 0 radical (unpaired) electrons. The molecule has 0 unspecified atom stereocenters. The van der Waals surface area contributed by atoms with Crippen LogP contribution in [-0.2, 0) is 6.42 Å². The first-order valence-electron chi connectivity index (χ1n) is 9.57. The van der Waals surface area contributed by atoms with Crippen LogP contribution in [0.5, 0.6) is 0 Å². The first-order valence-corrected chi connectivity index (χ1v) is 10.6. The lowest BCUT2D eigenvalue weighted by Gasteiger charge is -2.17. The van der Waals surface area contributed by atoms with Crippen LogP contribution in [0.25, 0.3) is 0 Å². The van der Waals surface area contributed by atoms with Gasteiger partial charge in [-0.15, -0.1) is 11.8 Å². The van der Waals surface area contributed by atoms with E-state index in [-0.39, 0.29) is 6.04 Å². The summed E-state index contributed by atoms with van der Waals surface area (Å²) in [7, 11) is 0. The summed E-state index contributed by atoms with van der Waals surface area (Å²) in [5, 5.41) is 0. The van der Waals surface area contributed by atoms with Crippen molar-refractivity contribution in [1.82, 2.24) is 9.97 Å². The van der Waals surface area contributed by atoms with Crippen LogP contribution in [0, 0.1) is 5.92 Å². The molecule has 0 saturated heterocycles. The molecule has 2 aromatic rings. The topological polar surface area (TPSA) is 51.8 Å². The maximum Gasteiger partial charge on any atom is 0.131 e. The van der Waals surface area contributed by atoms with Gasteiger partial charge in [-0.2, -0.15) is 0 Å². The van der Waals surface area contributed by atoms with Crippen molar-refractivity contribution >= 4 is 11.8 Å². The van der Waals surface area contributed by atoms with Crippen LogP contribution in [0.4, 0.5) is 0 Å². The quantitative estimate of drug-likeness (QED) is 0.796. The van der Waals surface area contributed by atoms with Crippen molar-refractivity contribution in [3.63, 3.8) is 0 Å². The van der Waals surface area contributed by atoms with E-state index in [1.54, 1.807) is 0 Å². The SMILES string of the molecule is N[C@@H]1CC[C@@H](c2ncc(SCC3CC3)cn2)CCCc2ccccc21. The van der Waals surface area contributed by atoms with E-state index in [4.69, 9.17) is 15.7 Å². The molecule has 0 amide bonds. The Morgan fingerprint density at radius 3 is 2.60 bits per heavy atom. The van der Waals surface area contributed by atoms with Crippen molar-refractivity contribution in [2.24, 2.45) is 11.7 Å². The summed E-state index contributed by atoms with van der Waals surface area (Å²) in [6, 6.07) is 8.79. The van der Waals surface area contributed by atoms with Gasteiger partial charge in [-0.05, 0) is 62.0 Å². The Balaban J connectivity index is 1.42. The fourth-order valence-corrected chi connectivity index (χ4v) is 4.73. The average Bonchev–Trinajstić information content (AvgIpc) is 3.47. The lowest BCUT2D eigenvalue weighted by Crippen LogP contribution is -2.13. The second-order valence-electron chi connectivity index (χ2n) is 7.50. The highest BCUT2D eigenvalue weighted by Gasteiger charge is 2.22. The minimum Gasteiger partial charge on any atom is -0.324 e. The van der Waals surface area contributed by atoms with Crippen molar-refractivity contribution in [3.8, 4) is 0 Å². The molecule has 0 spiro atoms. The third kappa shape index (κ3) is 4.42. The van der Waals surface area contributed by atoms with Crippen LogP contribution >= 0.6 is 11.8 Å². The van der Waals surface area contributed by atoms with Crippen molar-refractivity contribution in [3.05, 3.63) is 53.6 Å². The van der Waals surface area contributed by atoms with Crippen molar-refractivity contribution < 1.29 is 0 Å². The zero-order valence-electron chi connectivity index (χ0n) is 14.7. The molecule has 1 saturated carbocycles. The highest BCUT2D eigenvalue weighted by molar-refractivity contribution is 7.99. The molecule has 4 heteroatoms. The van der Waals surface area contributed by atoms with Crippen LogP contribution in [0.2, 0.25) is 0 Å². The number of nitrogens with two attached hydrogens (primary N) is 1. The van der Waals surface area contributed by atoms with E-state index >= 15 is 0 Å². The molecular weight excluding hydrogens is 326 g/mol. The van der Waals surface area contributed by atoms with Gasteiger partial charge in [0, 0.05) is 35.0 Å². The van der Waals surface area contributed by atoms with E-state index in [0.717, 1.165) is 37.4 Å². The Morgan fingerprint density at radius 2 is 1.80 bits per heavy atom. The van der Waals surface area contributed by atoms with Crippen LogP contribution < -0.4 is 5.73 Å². The van der Waals surface area contributed by atoms with Crippen molar-refractivity contribution in [1.29, 1.82) is 0 Å². The van der Waals surface area contributed by atoms with E-state index in [0.29, 0.717) is 5.92 Å². The van der Waals surface area contributed by atoms with Gasteiger partial charge in [-0.25, -0.2) is 9.97 Å². The summed E-state index contributed by atoms with van der Waals surface area (Å²) in [4.78, 5) is 10.6. The van der Waals surface area contributed by atoms with Gasteiger partial charge >= 0.3 is 0 Å². The zero-order valence-corrected chi connectivity index (χ0v) is 15.5. The van der Waals surface area contributed by atoms with E-state index in [9.17, 15) is 0 Å². The van der Waals surface area contributed by atoms with Crippen molar-refractivity contribution in [2.45, 2.75) is 61.8 Å². The normalized spacial score (nSPS) is 24.0. The Kier molecular flexibility index (Phi) is 5.37. The monoisotopic (exact) mass is 353 g/mol. The molecule has 1 fully saturated rings. The number of hydrogen-bond donors (Lipinski definition) is 1. The lowest BCUT2D eigenvalue weighted by atomic mass is 9.94. The highest BCUT2D eigenvalue weighted by atomic mass is 32.2. The Morgan fingerprint density at radius 1 is 1.00 bits per heavy atom. The molecule has 3 nitrogen and oxygen atoms in total. The van der Waals surface area contributed by atoms with Gasteiger partial charge in [0.25, 0.3) is 0 Å². The zero-order chi connectivity index (χ0) is 17.1. The molecule has 1 aromatic carbocycles. The van der Waals surface area contributed by atoms with Gasteiger partial charge < -0.3 is 5.73 Å². The number of aromatic nitrogens is 2. The maximum atomic E-state index is 6.48. The molecule has 1 heterocycles. The van der Waals surface area contributed by atoms with Gasteiger partial charge in [0.15, 0.2) is 0 Å². The molecule has 2 atom stereocenters. The minimum absolute atomic E-state index is 0.130. The fraction of sp³-hybridized carbons (Fsp3) is 0.524. The second kappa shape index (κ2) is 7.88. The molecule has 1 aromatic heterocycles. The highest BCUT2D eigenvalue weighted by Crippen LogP contribution is 2.35. The molecule has 25 heavy (non-hydrogen) atoms. The molecule has 2 aliphatic carbocycles. The fourth-order valence-electron chi connectivity index (χ4n) is 3.71. The van der Waals surface area contributed by atoms with Crippen LogP contribution in [0.1, 0.15) is 67.4 Å². The smallest absolute Gasteiger partial charge is 0.131 e. The molecule has 0 bridgehead atoms. The van der Waals surface area contributed by atoms with Gasteiger partial charge in [-0.1, -0.05) is 24.3 Å². The molecule has 2 N–H and O–H groups in total. The molecule has 2 aliphatic rings. The third-order valence-corrected chi connectivity index (χ3v) is 6.66.